The van der Waals surface area contributed by atoms with Crippen molar-refractivity contribution in [2.45, 2.75) is 18.9 Å². The third-order valence-corrected chi connectivity index (χ3v) is 2.76. The van der Waals surface area contributed by atoms with Gasteiger partial charge in [-0.3, -0.25) is 0 Å². The zero-order valence-electron chi connectivity index (χ0n) is 6.48. The Hall–Kier alpha value is -0.410. The van der Waals surface area contributed by atoms with Crippen molar-refractivity contribution in [3.05, 3.63) is 33.5 Å². The molecule has 2 N–H and O–H groups in total. The number of hydrogen-bond acceptors (Lipinski definition) is 1. The topological polar surface area (TPSA) is 26.0 Å². The highest BCUT2D eigenvalue weighted by Crippen LogP contribution is 2.33. The van der Waals surface area contributed by atoms with Gasteiger partial charge in [0.05, 0.1) is 0 Å². The predicted octanol–water partition coefficient (Wildman–Crippen LogP) is 2.53. The number of halogens is 2. The summed E-state index contributed by atoms with van der Waals surface area (Å²) in [4.78, 5) is 0. The van der Waals surface area contributed by atoms with Crippen molar-refractivity contribution in [2.24, 2.45) is 5.73 Å². The summed E-state index contributed by atoms with van der Waals surface area (Å²) >= 11 is 3.25. The van der Waals surface area contributed by atoms with Crippen LogP contribution in [0.1, 0.15) is 23.6 Å². The third kappa shape index (κ3) is 1.17. The highest BCUT2D eigenvalue weighted by molar-refractivity contribution is 9.10. The fourth-order valence-corrected chi connectivity index (χ4v) is 2.12. The Morgan fingerprint density at radius 2 is 2.25 bits per heavy atom. The molecule has 1 unspecified atom stereocenters. The minimum atomic E-state index is -0.132. The lowest BCUT2D eigenvalue weighted by molar-refractivity contribution is 0.611. The van der Waals surface area contributed by atoms with Gasteiger partial charge in [-0.1, -0.05) is 15.9 Å². The van der Waals surface area contributed by atoms with Gasteiger partial charge in [-0.25, -0.2) is 4.39 Å². The molecule has 1 atom stereocenters. The monoisotopic (exact) mass is 229 g/mol. The molecule has 0 bridgehead atoms. The Balaban J connectivity index is 2.60. The molecule has 12 heavy (non-hydrogen) atoms. The normalized spacial score (nSPS) is 21.1. The number of rotatable bonds is 0. The summed E-state index contributed by atoms with van der Waals surface area (Å²) in [5.74, 6) is -0.132. The second kappa shape index (κ2) is 2.82. The Morgan fingerprint density at radius 3 is 3.00 bits per heavy atom. The highest BCUT2D eigenvalue weighted by Gasteiger charge is 2.22. The molecule has 0 aromatic heterocycles. The van der Waals surface area contributed by atoms with Crippen LogP contribution in [-0.2, 0) is 6.42 Å². The van der Waals surface area contributed by atoms with Crippen molar-refractivity contribution >= 4 is 15.9 Å². The number of nitrogens with two attached hydrogens (primary N) is 1. The first-order valence-electron chi connectivity index (χ1n) is 3.92. The van der Waals surface area contributed by atoms with Crippen LogP contribution in [0.2, 0.25) is 0 Å². The summed E-state index contributed by atoms with van der Waals surface area (Å²) in [6.45, 7) is 0. The molecule has 1 aromatic rings. The van der Waals surface area contributed by atoms with Gasteiger partial charge in [0.2, 0.25) is 0 Å². The SMILES string of the molecule is NC1CCc2c(F)cc(Br)cc21. The van der Waals surface area contributed by atoms with Gasteiger partial charge >= 0.3 is 0 Å². The third-order valence-electron chi connectivity index (χ3n) is 2.30. The summed E-state index contributed by atoms with van der Waals surface area (Å²) in [5, 5.41) is 0. The van der Waals surface area contributed by atoms with Crippen LogP contribution in [-0.4, -0.2) is 0 Å². The van der Waals surface area contributed by atoms with Gasteiger partial charge in [0.1, 0.15) is 5.82 Å². The van der Waals surface area contributed by atoms with E-state index in [4.69, 9.17) is 5.73 Å². The number of hydrogen-bond donors (Lipinski definition) is 1. The van der Waals surface area contributed by atoms with E-state index in [-0.39, 0.29) is 11.9 Å². The Morgan fingerprint density at radius 1 is 1.50 bits per heavy atom. The van der Waals surface area contributed by atoms with Crippen LogP contribution >= 0.6 is 15.9 Å². The molecule has 1 nitrogen and oxygen atoms in total. The average Bonchev–Trinajstić information content (AvgIpc) is 2.33. The first kappa shape index (κ1) is 8.20. The van der Waals surface area contributed by atoms with E-state index in [0.29, 0.717) is 0 Å². The van der Waals surface area contributed by atoms with Crippen molar-refractivity contribution < 1.29 is 4.39 Å². The molecule has 0 heterocycles. The Kier molecular flexibility index (Phi) is 1.93. The summed E-state index contributed by atoms with van der Waals surface area (Å²) in [7, 11) is 0. The lowest BCUT2D eigenvalue weighted by Crippen LogP contribution is -2.05. The summed E-state index contributed by atoms with van der Waals surface area (Å²) in [6.07, 6.45) is 1.64. The zero-order valence-corrected chi connectivity index (χ0v) is 8.07. The molecule has 3 heteroatoms. The van der Waals surface area contributed by atoms with Crippen LogP contribution < -0.4 is 5.73 Å². The molecule has 0 fully saturated rings. The van der Waals surface area contributed by atoms with Crippen molar-refractivity contribution in [2.75, 3.05) is 0 Å². The lowest BCUT2D eigenvalue weighted by atomic mass is 10.1. The van der Waals surface area contributed by atoms with Crippen LogP contribution in [0.25, 0.3) is 0 Å². The molecule has 0 amide bonds. The van der Waals surface area contributed by atoms with Gasteiger partial charge in [-0.05, 0) is 36.1 Å². The summed E-state index contributed by atoms with van der Waals surface area (Å²) in [6, 6.07) is 3.43. The quantitative estimate of drug-likeness (QED) is 0.728. The smallest absolute Gasteiger partial charge is 0.127 e. The van der Waals surface area contributed by atoms with Gasteiger partial charge in [-0.15, -0.1) is 0 Å². The molecular formula is C9H9BrFN. The number of fused-ring (bicyclic) bond motifs is 1. The minimum Gasteiger partial charge on any atom is -0.324 e. The molecule has 2 rings (SSSR count). The number of benzene rings is 1. The zero-order chi connectivity index (χ0) is 8.72. The minimum absolute atomic E-state index is 0.0204. The van der Waals surface area contributed by atoms with E-state index in [1.54, 1.807) is 0 Å². The second-order valence-electron chi connectivity index (χ2n) is 3.10. The molecule has 0 radical (unpaired) electrons. The van der Waals surface area contributed by atoms with Crippen LogP contribution in [0.3, 0.4) is 0 Å². The summed E-state index contributed by atoms with van der Waals surface area (Å²) < 4.78 is 14.0. The Bertz CT molecular complexity index is 325. The van der Waals surface area contributed by atoms with Crippen LogP contribution in [0.15, 0.2) is 16.6 Å². The second-order valence-corrected chi connectivity index (χ2v) is 4.02. The maximum atomic E-state index is 13.2. The Labute approximate surface area is 78.9 Å². The molecule has 1 aliphatic rings. The summed E-state index contributed by atoms with van der Waals surface area (Å²) in [5.41, 5.74) is 7.55. The highest BCUT2D eigenvalue weighted by atomic mass is 79.9. The molecular weight excluding hydrogens is 221 g/mol. The molecule has 64 valence electrons. The average molecular weight is 230 g/mol. The van der Waals surface area contributed by atoms with Crippen LogP contribution in [0.5, 0.6) is 0 Å². The molecule has 0 aliphatic heterocycles. The lowest BCUT2D eigenvalue weighted by Gasteiger charge is -2.05. The molecule has 0 spiro atoms. The van der Waals surface area contributed by atoms with Crippen molar-refractivity contribution in [1.29, 1.82) is 0 Å². The predicted molar refractivity (Wildman–Crippen MR) is 49.3 cm³/mol. The van der Waals surface area contributed by atoms with Gasteiger partial charge in [0.15, 0.2) is 0 Å². The van der Waals surface area contributed by atoms with Gasteiger partial charge < -0.3 is 5.73 Å². The van der Waals surface area contributed by atoms with E-state index >= 15 is 0 Å². The van der Waals surface area contributed by atoms with E-state index in [1.807, 2.05) is 6.07 Å². The molecule has 0 saturated carbocycles. The van der Waals surface area contributed by atoms with E-state index in [2.05, 4.69) is 15.9 Å². The van der Waals surface area contributed by atoms with E-state index < -0.39 is 0 Å². The first-order chi connectivity index (χ1) is 5.68. The fraction of sp³-hybridized carbons (Fsp3) is 0.333. The van der Waals surface area contributed by atoms with Crippen molar-refractivity contribution in [1.82, 2.24) is 0 Å². The standard InChI is InChI=1S/C9H9BrFN/c10-5-3-7-6(8(11)4-5)1-2-9(7)12/h3-4,9H,1-2,12H2. The van der Waals surface area contributed by atoms with E-state index in [0.717, 1.165) is 28.4 Å². The van der Waals surface area contributed by atoms with E-state index in [1.165, 1.54) is 6.07 Å². The maximum Gasteiger partial charge on any atom is 0.127 e. The molecule has 0 saturated heterocycles. The van der Waals surface area contributed by atoms with Crippen molar-refractivity contribution in [3.8, 4) is 0 Å². The van der Waals surface area contributed by atoms with Gasteiger partial charge in [0, 0.05) is 10.5 Å². The molecule has 1 aliphatic carbocycles. The van der Waals surface area contributed by atoms with Crippen molar-refractivity contribution in [3.63, 3.8) is 0 Å². The van der Waals surface area contributed by atoms with Gasteiger partial charge in [-0.2, -0.15) is 0 Å². The first-order valence-corrected chi connectivity index (χ1v) is 4.71. The van der Waals surface area contributed by atoms with Crippen LogP contribution in [0, 0.1) is 5.82 Å². The fourth-order valence-electron chi connectivity index (χ4n) is 1.67. The van der Waals surface area contributed by atoms with Gasteiger partial charge in [0.25, 0.3) is 0 Å². The van der Waals surface area contributed by atoms with Crippen LogP contribution in [0.4, 0.5) is 4.39 Å². The molecule has 1 aromatic carbocycles. The van der Waals surface area contributed by atoms with E-state index in [9.17, 15) is 4.39 Å². The maximum absolute atomic E-state index is 13.2. The largest absolute Gasteiger partial charge is 0.324 e.